The van der Waals surface area contributed by atoms with Crippen molar-refractivity contribution >= 4 is 28.2 Å². The summed E-state index contributed by atoms with van der Waals surface area (Å²) in [6.07, 6.45) is 0. The van der Waals surface area contributed by atoms with E-state index in [1.165, 1.54) is 6.92 Å². The number of anilines is 1. The molecular formula is C19H13NO3. The van der Waals surface area contributed by atoms with E-state index >= 15 is 0 Å². The smallest absolute Gasteiger partial charge is 0.329 e. The molecule has 3 aromatic carbocycles. The highest BCUT2D eigenvalue weighted by Gasteiger charge is 2.25. The summed E-state index contributed by atoms with van der Waals surface area (Å²) in [4.78, 5) is 28.7. The fourth-order valence-corrected chi connectivity index (χ4v) is 3.10. The van der Waals surface area contributed by atoms with Gasteiger partial charge in [0, 0.05) is 28.8 Å². The van der Waals surface area contributed by atoms with E-state index in [0.29, 0.717) is 16.8 Å². The van der Waals surface area contributed by atoms with Crippen LogP contribution in [0.4, 0.5) is 5.69 Å². The number of nitrogens with one attached hydrogen (secondary N) is 1. The molecule has 1 aliphatic carbocycles. The summed E-state index contributed by atoms with van der Waals surface area (Å²) < 4.78 is 0. The minimum absolute atomic E-state index is 0.0170. The Labute approximate surface area is 132 Å². The lowest BCUT2D eigenvalue weighted by atomic mass is 9.82. The van der Waals surface area contributed by atoms with Crippen LogP contribution in [0.5, 0.6) is 0 Å². The first kappa shape index (κ1) is 13.5. The molecular weight excluding hydrogens is 290 g/mol. The largest absolute Gasteiger partial charge is 0.344 e. The molecule has 4 rings (SSSR count). The van der Waals surface area contributed by atoms with Crippen molar-refractivity contribution in [2.24, 2.45) is 0 Å². The Morgan fingerprint density at radius 3 is 2.39 bits per heavy atom. The molecule has 0 saturated carbocycles. The molecule has 112 valence electrons. The number of carbonyl (C=O) groups excluding carboxylic acids is 2. The van der Waals surface area contributed by atoms with Crippen molar-refractivity contribution in [3.63, 3.8) is 0 Å². The summed E-state index contributed by atoms with van der Waals surface area (Å²) in [7, 11) is 0. The molecule has 0 spiro atoms. The van der Waals surface area contributed by atoms with Gasteiger partial charge in [-0.2, -0.15) is 0 Å². The highest BCUT2D eigenvalue weighted by molar-refractivity contribution is 6.27. The molecule has 0 bridgehead atoms. The van der Waals surface area contributed by atoms with Gasteiger partial charge in [0.25, 0.3) is 0 Å². The van der Waals surface area contributed by atoms with E-state index in [4.69, 9.17) is 4.84 Å². The zero-order chi connectivity index (χ0) is 16.0. The number of fused-ring (bicyclic) bond motifs is 2. The maximum Gasteiger partial charge on any atom is 0.329 e. The second kappa shape index (κ2) is 4.95. The maximum atomic E-state index is 12.8. The fourth-order valence-electron chi connectivity index (χ4n) is 3.10. The average Bonchev–Trinajstić information content (AvgIpc) is 2.58. The molecule has 0 amide bonds. The molecule has 1 aliphatic rings. The monoisotopic (exact) mass is 303 g/mol. The first-order chi connectivity index (χ1) is 11.2. The second-order valence-corrected chi connectivity index (χ2v) is 5.46. The Hall–Kier alpha value is -3.14. The summed E-state index contributed by atoms with van der Waals surface area (Å²) in [5.74, 6) is -0.407. The highest BCUT2D eigenvalue weighted by atomic mass is 16.7. The van der Waals surface area contributed by atoms with Crippen LogP contribution in [0.1, 0.15) is 22.8 Å². The van der Waals surface area contributed by atoms with E-state index in [-0.39, 0.29) is 5.78 Å². The summed E-state index contributed by atoms with van der Waals surface area (Å²) in [5, 5.41) is 1.73. The normalized spacial score (nSPS) is 12.0. The predicted molar refractivity (Wildman–Crippen MR) is 88.2 cm³/mol. The number of benzene rings is 3. The minimum atomic E-state index is -0.424. The molecule has 0 aromatic heterocycles. The topological polar surface area (TPSA) is 55.4 Å². The fraction of sp³-hybridized carbons (Fsp3) is 0.0526. The van der Waals surface area contributed by atoms with Crippen LogP contribution in [-0.2, 0) is 9.63 Å². The third-order valence-corrected chi connectivity index (χ3v) is 4.05. The van der Waals surface area contributed by atoms with Crippen LogP contribution in [0.15, 0.2) is 54.6 Å². The van der Waals surface area contributed by atoms with E-state index in [1.54, 1.807) is 0 Å². The molecule has 0 heterocycles. The van der Waals surface area contributed by atoms with E-state index in [2.05, 4.69) is 5.48 Å². The van der Waals surface area contributed by atoms with Crippen LogP contribution in [0.2, 0.25) is 0 Å². The van der Waals surface area contributed by atoms with Crippen molar-refractivity contribution in [1.82, 2.24) is 0 Å². The first-order valence-corrected chi connectivity index (χ1v) is 7.30. The lowest BCUT2D eigenvalue weighted by Gasteiger charge is -2.21. The molecule has 4 heteroatoms. The van der Waals surface area contributed by atoms with Crippen molar-refractivity contribution < 1.29 is 14.4 Å². The Kier molecular flexibility index (Phi) is 2.91. The quantitative estimate of drug-likeness (QED) is 0.570. The van der Waals surface area contributed by atoms with E-state index < -0.39 is 5.97 Å². The van der Waals surface area contributed by atoms with Gasteiger partial charge in [0.2, 0.25) is 0 Å². The third-order valence-electron chi connectivity index (χ3n) is 4.05. The summed E-state index contributed by atoms with van der Waals surface area (Å²) in [6.45, 7) is 1.33. The van der Waals surface area contributed by atoms with Gasteiger partial charge in [-0.1, -0.05) is 48.5 Å². The van der Waals surface area contributed by atoms with E-state index in [0.717, 1.165) is 21.9 Å². The molecule has 0 atom stereocenters. The lowest BCUT2D eigenvalue weighted by molar-refractivity contribution is -0.138. The number of hydrogen-bond acceptors (Lipinski definition) is 4. The number of rotatable bonds is 2. The standard InChI is InChI=1S/C19H13NO3/c1-11(21)23-20-17-10-9-13-12-5-2-3-6-14(12)19(22)16-8-4-7-15(17)18(13)16/h2-10,20H,1H3. The molecule has 0 saturated heterocycles. The van der Waals surface area contributed by atoms with Gasteiger partial charge in [-0.3, -0.25) is 9.59 Å². The highest BCUT2D eigenvalue weighted by Crippen LogP contribution is 2.41. The Balaban J connectivity index is 2.01. The van der Waals surface area contributed by atoms with Crippen LogP contribution in [0.3, 0.4) is 0 Å². The van der Waals surface area contributed by atoms with E-state index in [1.807, 2.05) is 54.6 Å². The van der Waals surface area contributed by atoms with Crippen LogP contribution < -0.4 is 5.48 Å². The Bertz CT molecular complexity index is 976. The van der Waals surface area contributed by atoms with Gasteiger partial charge < -0.3 is 4.84 Å². The molecule has 3 aromatic rings. The molecule has 0 fully saturated rings. The van der Waals surface area contributed by atoms with Gasteiger partial charge in [0.05, 0.1) is 5.69 Å². The number of carbonyl (C=O) groups is 2. The van der Waals surface area contributed by atoms with Crippen molar-refractivity contribution in [3.05, 3.63) is 65.7 Å². The first-order valence-electron chi connectivity index (χ1n) is 7.30. The molecule has 0 radical (unpaired) electrons. The van der Waals surface area contributed by atoms with Crippen LogP contribution in [-0.4, -0.2) is 11.8 Å². The maximum absolute atomic E-state index is 12.8. The summed E-state index contributed by atoms with van der Waals surface area (Å²) >= 11 is 0. The van der Waals surface area contributed by atoms with Crippen molar-refractivity contribution in [1.29, 1.82) is 0 Å². The molecule has 0 unspecified atom stereocenters. The zero-order valence-electron chi connectivity index (χ0n) is 12.4. The van der Waals surface area contributed by atoms with Gasteiger partial charge in [-0.05, 0) is 17.2 Å². The Morgan fingerprint density at radius 1 is 0.870 bits per heavy atom. The summed E-state index contributed by atoms with van der Waals surface area (Å²) in [5.41, 5.74) is 6.66. The number of hydrogen-bond donors (Lipinski definition) is 1. The molecule has 1 N–H and O–H groups in total. The van der Waals surface area contributed by atoms with Crippen molar-refractivity contribution in [3.8, 4) is 11.1 Å². The lowest BCUT2D eigenvalue weighted by Crippen LogP contribution is -2.11. The average molecular weight is 303 g/mol. The van der Waals surface area contributed by atoms with Crippen LogP contribution >= 0.6 is 0 Å². The predicted octanol–water partition coefficient (Wildman–Crippen LogP) is 3.94. The molecule has 4 nitrogen and oxygen atoms in total. The molecule has 0 aliphatic heterocycles. The Morgan fingerprint density at radius 2 is 1.61 bits per heavy atom. The third kappa shape index (κ3) is 1.99. The van der Waals surface area contributed by atoms with Crippen molar-refractivity contribution in [2.45, 2.75) is 6.92 Å². The minimum Gasteiger partial charge on any atom is -0.344 e. The van der Waals surface area contributed by atoms with Crippen LogP contribution in [0.25, 0.3) is 21.9 Å². The second-order valence-electron chi connectivity index (χ2n) is 5.46. The van der Waals surface area contributed by atoms with Crippen LogP contribution in [0, 0.1) is 0 Å². The molecule has 23 heavy (non-hydrogen) atoms. The number of ketones is 1. The van der Waals surface area contributed by atoms with Crippen molar-refractivity contribution in [2.75, 3.05) is 5.48 Å². The van der Waals surface area contributed by atoms with Gasteiger partial charge in [-0.15, -0.1) is 0 Å². The van der Waals surface area contributed by atoms with E-state index in [9.17, 15) is 9.59 Å². The van der Waals surface area contributed by atoms with Gasteiger partial charge >= 0.3 is 5.97 Å². The van der Waals surface area contributed by atoms with Gasteiger partial charge in [0.15, 0.2) is 5.78 Å². The summed E-state index contributed by atoms with van der Waals surface area (Å²) in [6, 6.07) is 17.0. The SMILES string of the molecule is CC(=O)ONc1ccc2c3c(cccc13)C(=O)c1ccccc1-2. The van der Waals surface area contributed by atoms with Gasteiger partial charge in [-0.25, -0.2) is 5.48 Å². The zero-order valence-corrected chi connectivity index (χ0v) is 12.4. The van der Waals surface area contributed by atoms with Gasteiger partial charge in [0.1, 0.15) is 0 Å².